The van der Waals surface area contributed by atoms with Gasteiger partial charge in [-0.1, -0.05) is 54.4 Å². The van der Waals surface area contributed by atoms with E-state index in [0.717, 1.165) is 24.1 Å². The summed E-state index contributed by atoms with van der Waals surface area (Å²) in [5.41, 5.74) is 1.77. The summed E-state index contributed by atoms with van der Waals surface area (Å²) < 4.78 is 13.2. The molecule has 4 heteroatoms. The average Bonchev–Trinajstić information content (AvgIpc) is 2.42. The highest BCUT2D eigenvalue weighted by atomic mass is 35.5. The van der Waals surface area contributed by atoms with Gasteiger partial charge in [-0.05, 0) is 42.3 Å². The van der Waals surface area contributed by atoms with Gasteiger partial charge in [0.05, 0.1) is 6.04 Å². The Hall–Kier alpha value is -1.09. The first-order valence-electron chi connectivity index (χ1n) is 6.56. The van der Waals surface area contributed by atoms with E-state index in [-0.39, 0.29) is 11.9 Å². The van der Waals surface area contributed by atoms with Crippen LogP contribution in [0.1, 0.15) is 30.5 Å². The summed E-state index contributed by atoms with van der Waals surface area (Å²) in [7, 11) is 0. The molecule has 0 saturated carbocycles. The van der Waals surface area contributed by atoms with Gasteiger partial charge in [0, 0.05) is 10.0 Å². The van der Waals surface area contributed by atoms with Gasteiger partial charge in [-0.25, -0.2) is 4.39 Å². The number of hydrogen-bond donors (Lipinski definition) is 1. The smallest absolute Gasteiger partial charge is 0.124 e. The predicted molar refractivity (Wildman–Crippen MR) is 83.0 cm³/mol. The second-order valence-corrected chi connectivity index (χ2v) is 5.39. The van der Waals surface area contributed by atoms with Gasteiger partial charge in [-0.3, -0.25) is 0 Å². The lowest BCUT2D eigenvalue weighted by Crippen LogP contribution is -2.23. The van der Waals surface area contributed by atoms with Crippen LogP contribution in [0.4, 0.5) is 4.39 Å². The van der Waals surface area contributed by atoms with Crippen LogP contribution in [0, 0.1) is 5.82 Å². The van der Waals surface area contributed by atoms with Crippen molar-refractivity contribution in [1.82, 2.24) is 5.32 Å². The first kappa shape index (κ1) is 15.3. The minimum absolute atomic E-state index is 0.142. The van der Waals surface area contributed by atoms with Crippen LogP contribution in [0.2, 0.25) is 10.0 Å². The molecule has 1 atom stereocenters. The van der Waals surface area contributed by atoms with Gasteiger partial charge in [-0.15, -0.1) is 0 Å². The van der Waals surface area contributed by atoms with E-state index in [9.17, 15) is 4.39 Å². The van der Waals surface area contributed by atoms with E-state index < -0.39 is 0 Å². The third kappa shape index (κ3) is 3.51. The zero-order valence-electron chi connectivity index (χ0n) is 11.2. The molecule has 0 amide bonds. The summed E-state index contributed by atoms with van der Waals surface area (Å²) in [5.74, 6) is -0.341. The molecule has 106 valence electrons. The highest BCUT2D eigenvalue weighted by Gasteiger charge is 2.18. The summed E-state index contributed by atoms with van der Waals surface area (Å²) in [6.07, 6.45) is 0.986. The SMILES string of the molecule is CCCNC(c1ccccc1Cl)c1ccc(F)cc1Cl. The standard InChI is InChI=1S/C16H16Cl2FN/c1-2-9-20-16(12-5-3-4-6-14(12)17)13-8-7-11(19)10-15(13)18/h3-8,10,16,20H,2,9H2,1H3. The molecular weight excluding hydrogens is 296 g/mol. The average molecular weight is 312 g/mol. The van der Waals surface area contributed by atoms with Crippen LogP contribution in [0.15, 0.2) is 42.5 Å². The number of halogens is 3. The van der Waals surface area contributed by atoms with Crippen molar-refractivity contribution in [2.24, 2.45) is 0 Å². The molecule has 0 fully saturated rings. The molecule has 1 N–H and O–H groups in total. The lowest BCUT2D eigenvalue weighted by Gasteiger charge is -2.21. The topological polar surface area (TPSA) is 12.0 Å². The molecule has 1 unspecified atom stereocenters. The lowest BCUT2D eigenvalue weighted by molar-refractivity contribution is 0.593. The Labute approximate surface area is 128 Å². The molecule has 0 aliphatic rings. The maximum absolute atomic E-state index is 13.2. The molecule has 1 nitrogen and oxygen atoms in total. The second kappa shape index (κ2) is 7.07. The van der Waals surface area contributed by atoms with E-state index >= 15 is 0 Å². The van der Waals surface area contributed by atoms with Crippen molar-refractivity contribution in [2.45, 2.75) is 19.4 Å². The van der Waals surface area contributed by atoms with E-state index in [1.54, 1.807) is 6.07 Å². The van der Waals surface area contributed by atoms with Crippen molar-refractivity contribution in [3.05, 3.63) is 69.5 Å². The van der Waals surface area contributed by atoms with Crippen LogP contribution in [-0.4, -0.2) is 6.54 Å². The van der Waals surface area contributed by atoms with E-state index in [2.05, 4.69) is 12.2 Å². The maximum atomic E-state index is 13.2. The number of benzene rings is 2. The van der Waals surface area contributed by atoms with Gasteiger partial charge >= 0.3 is 0 Å². The molecule has 0 aromatic heterocycles. The summed E-state index contributed by atoms with van der Waals surface area (Å²) in [6, 6.07) is 11.9. The molecule has 2 rings (SSSR count). The van der Waals surface area contributed by atoms with Crippen LogP contribution >= 0.6 is 23.2 Å². The van der Waals surface area contributed by atoms with E-state index in [0.29, 0.717) is 10.0 Å². The number of rotatable bonds is 5. The summed E-state index contributed by atoms with van der Waals surface area (Å²) in [5, 5.41) is 4.48. The highest BCUT2D eigenvalue weighted by Crippen LogP contribution is 2.32. The van der Waals surface area contributed by atoms with E-state index in [1.807, 2.05) is 24.3 Å². The van der Waals surface area contributed by atoms with Crippen molar-refractivity contribution in [3.8, 4) is 0 Å². The van der Waals surface area contributed by atoms with Crippen LogP contribution in [0.5, 0.6) is 0 Å². The fourth-order valence-electron chi connectivity index (χ4n) is 2.12. The Morgan fingerprint density at radius 1 is 1.05 bits per heavy atom. The molecule has 0 aliphatic heterocycles. The minimum Gasteiger partial charge on any atom is -0.306 e. The fraction of sp³-hybridized carbons (Fsp3) is 0.250. The molecule has 2 aromatic carbocycles. The van der Waals surface area contributed by atoms with Gasteiger partial charge in [-0.2, -0.15) is 0 Å². The van der Waals surface area contributed by atoms with Gasteiger partial charge in [0.15, 0.2) is 0 Å². The Balaban J connectivity index is 2.44. The first-order chi connectivity index (χ1) is 9.63. The monoisotopic (exact) mass is 311 g/mol. The van der Waals surface area contributed by atoms with Crippen molar-refractivity contribution in [3.63, 3.8) is 0 Å². The van der Waals surface area contributed by atoms with Gasteiger partial charge in [0.25, 0.3) is 0 Å². The van der Waals surface area contributed by atoms with E-state index in [1.165, 1.54) is 12.1 Å². The normalized spacial score (nSPS) is 12.4. The molecule has 0 bridgehead atoms. The molecule has 20 heavy (non-hydrogen) atoms. The van der Waals surface area contributed by atoms with Crippen molar-refractivity contribution in [2.75, 3.05) is 6.54 Å². The van der Waals surface area contributed by atoms with Crippen molar-refractivity contribution >= 4 is 23.2 Å². The molecule has 0 radical (unpaired) electrons. The molecule has 0 saturated heterocycles. The van der Waals surface area contributed by atoms with Crippen LogP contribution in [0.25, 0.3) is 0 Å². The zero-order valence-corrected chi connectivity index (χ0v) is 12.7. The van der Waals surface area contributed by atoms with Gasteiger partial charge < -0.3 is 5.32 Å². The number of hydrogen-bond acceptors (Lipinski definition) is 1. The molecule has 0 aliphatic carbocycles. The highest BCUT2D eigenvalue weighted by molar-refractivity contribution is 6.32. The molecular formula is C16H16Cl2FN. The quantitative estimate of drug-likeness (QED) is 0.798. The fourth-order valence-corrected chi connectivity index (χ4v) is 2.64. The maximum Gasteiger partial charge on any atom is 0.124 e. The predicted octanol–water partition coefficient (Wildman–Crippen LogP) is 5.22. The molecule has 2 aromatic rings. The van der Waals surface area contributed by atoms with Crippen molar-refractivity contribution < 1.29 is 4.39 Å². The Morgan fingerprint density at radius 2 is 1.75 bits per heavy atom. The van der Waals surface area contributed by atoms with Gasteiger partial charge in [0.2, 0.25) is 0 Å². The summed E-state index contributed by atoms with van der Waals surface area (Å²) >= 11 is 12.5. The first-order valence-corrected chi connectivity index (χ1v) is 7.31. The van der Waals surface area contributed by atoms with Crippen LogP contribution < -0.4 is 5.32 Å². The summed E-state index contributed by atoms with van der Waals surface area (Å²) in [6.45, 7) is 2.91. The second-order valence-electron chi connectivity index (χ2n) is 4.57. The molecule has 0 heterocycles. The van der Waals surface area contributed by atoms with Crippen LogP contribution in [-0.2, 0) is 0 Å². The summed E-state index contributed by atoms with van der Waals surface area (Å²) in [4.78, 5) is 0. The molecule has 0 spiro atoms. The number of nitrogens with one attached hydrogen (secondary N) is 1. The van der Waals surface area contributed by atoms with E-state index in [4.69, 9.17) is 23.2 Å². The Kier molecular flexibility index (Phi) is 5.41. The third-order valence-electron chi connectivity index (χ3n) is 3.09. The minimum atomic E-state index is -0.341. The van der Waals surface area contributed by atoms with Crippen molar-refractivity contribution in [1.29, 1.82) is 0 Å². The van der Waals surface area contributed by atoms with Gasteiger partial charge in [0.1, 0.15) is 5.82 Å². The Morgan fingerprint density at radius 3 is 2.40 bits per heavy atom. The Bertz CT molecular complexity index is 586. The lowest BCUT2D eigenvalue weighted by atomic mass is 9.98. The largest absolute Gasteiger partial charge is 0.306 e. The third-order valence-corrected chi connectivity index (χ3v) is 3.76. The zero-order chi connectivity index (χ0) is 14.5. The van der Waals surface area contributed by atoms with Crippen LogP contribution in [0.3, 0.4) is 0 Å².